The molecule has 0 unspecified atom stereocenters. The maximum atomic E-state index is 13.0. The van der Waals surface area contributed by atoms with Crippen molar-refractivity contribution in [3.8, 4) is 5.75 Å². The zero-order valence-corrected chi connectivity index (χ0v) is 17.2. The van der Waals surface area contributed by atoms with Crippen molar-refractivity contribution in [2.45, 2.75) is 13.8 Å². The Morgan fingerprint density at radius 2 is 1.32 bits per heavy atom. The highest BCUT2D eigenvalue weighted by molar-refractivity contribution is 6.09. The van der Waals surface area contributed by atoms with Crippen molar-refractivity contribution in [3.63, 3.8) is 0 Å². The van der Waals surface area contributed by atoms with Crippen LogP contribution in [0, 0.1) is 11.7 Å². The number of nitrogens with one attached hydrogen (secondary N) is 1. The Balaban J connectivity index is 1.56. The van der Waals surface area contributed by atoms with E-state index in [9.17, 15) is 18.8 Å². The van der Waals surface area contributed by atoms with Crippen molar-refractivity contribution in [2.24, 2.45) is 5.92 Å². The van der Waals surface area contributed by atoms with Crippen LogP contribution in [0.15, 0.2) is 72.8 Å². The molecule has 0 fully saturated rings. The minimum Gasteiger partial charge on any atom is -0.485 e. The van der Waals surface area contributed by atoms with Gasteiger partial charge in [-0.25, -0.2) is 4.39 Å². The van der Waals surface area contributed by atoms with Gasteiger partial charge in [-0.2, -0.15) is 0 Å². The molecule has 0 aromatic heterocycles. The van der Waals surface area contributed by atoms with Crippen LogP contribution in [0.3, 0.4) is 0 Å². The molecule has 158 valence electrons. The van der Waals surface area contributed by atoms with Gasteiger partial charge in [0, 0.05) is 28.3 Å². The fourth-order valence-electron chi connectivity index (χ4n) is 2.73. The molecule has 31 heavy (non-hydrogen) atoms. The summed E-state index contributed by atoms with van der Waals surface area (Å²) in [6.07, 6.45) is 0. The quantitative estimate of drug-likeness (QED) is 0.527. The van der Waals surface area contributed by atoms with E-state index >= 15 is 0 Å². The van der Waals surface area contributed by atoms with Crippen LogP contribution in [0.4, 0.5) is 10.1 Å². The molecule has 1 N–H and O–H groups in total. The lowest BCUT2D eigenvalue weighted by Crippen LogP contribution is -2.18. The van der Waals surface area contributed by atoms with Gasteiger partial charge in [0.2, 0.25) is 5.91 Å². The molecule has 0 saturated heterocycles. The summed E-state index contributed by atoms with van der Waals surface area (Å²) in [5.41, 5.74) is 1.91. The normalized spacial score (nSPS) is 10.6. The summed E-state index contributed by atoms with van der Waals surface area (Å²) in [5.74, 6) is -0.624. The van der Waals surface area contributed by atoms with Gasteiger partial charge in [-0.05, 0) is 72.8 Å². The van der Waals surface area contributed by atoms with Crippen molar-refractivity contribution in [3.05, 3.63) is 95.3 Å². The van der Waals surface area contributed by atoms with E-state index < -0.39 is 5.82 Å². The Morgan fingerprint density at radius 3 is 1.87 bits per heavy atom. The number of ether oxygens (including phenoxy) is 1. The van der Waals surface area contributed by atoms with E-state index in [0.29, 0.717) is 28.1 Å². The van der Waals surface area contributed by atoms with Crippen LogP contribution in [0.1, 0.15) is 40.1 Å². The third-order valence-electron chi connectivity index (χ3n) is 4.59. The Morgan fingerprint density at radius 1 is 0.806 bits per heavy atom. The summed E-state index contributed by atoms with van der Waals surface area (Å²) < 4.78 is 18.5. The van der Waals surface area contributed by atoms with E-state index in [0.717, 1.165) is 0 Å². The standard InChI is InChI=1S/C25H22FNO4/c1-16(2)25(30)27-21-11-5-17(6-12-21)23(28)15-31-22-13-7-19(8-14-22)24(29)18-3-9-20(26)10-4-18/h3-14,16H,15H2,1-2H3,(H,27,30). The summed E-state index contributed by atoms with van der Waals surface area (Å²) in [6, 6.07) is 18.3. The van der Waals surface area contributed by atoms with Gasteiger partial charge in [0.25, 0.3) is 0 Å². The van der Waals surface area contributed by atoms with Crippen LogP contribution in [0.5, 0.6) is 5.75 Å². The molecule has 0 atom stereocenters. The van der Waals surface area contributed by atoms with Crippen LogP contribution in [-0.2, 0) is 4.79 Å². The topological polar surface area (TPSA) is 72.5 Å². The molecule has 0 heterocycles. The third-order valence-corrected chi connectivity index (χ3v) is 4.59. The molecule has 1 amide bonds. The zero-order valence-electron chi connectivity index (χ0n) is 17.2. The highest BCUT2D eigenvalue weighted by Gasteiger charge is 2.11. The van der Waals surface area contributed by atoms with Crippen LogP contribution < -0.4 is 10.1 Å². The van der Waals surface area contributed by atoms with Crippen molar-refractivity contribution < 1.29 is 23.5 Å². The molecule has 0 aliphatic heterocycles. The van der Waals surface area contributed by atoms with Gasteiger partial charge in [-0.3, -0.25) is 14.4 Å². The SMILES string of the molecule is CC(C)C(=O)Nc1ccc(C(=O)COc2ccc(C(=O)c3ccc(F)cc3)cc2)cc1. The minimum atomic E-state index is -0.403. The molecule has 0 bridgehead atoms. The van der Waals surface area contributed by atoms with Crippen LogP contribution in [-0.4, -0.2) is 24.1 Å². The number of carbonyl (C=O) groups excluding carboxylic acids is 3. The second kappa shape index (κ2) is 9.80. The highest BCUT2D eigenvalue weighted by Crippen LogP contribution is 2.17. The minimum absolute atomic E-state index is 0.0937. The number of rotatable bonds is 8. The largest absolute Gasteiger partial charge is 0.485 e. The molecule has 0 spiro atoms. The molecule has 3 aromatic carbocycles. The van der Waals surface area contributed by atoms with Crippen LogP contribution in [0.2, 0.25) is 0 Å². The average molecular weight is 419 g/mol. The molecule has 3 rings (SSSR count). The number of Topliss-reactive ketones (excluding diaryl/α,β-unsaturated/α-hetero) is 1. The summed E-state index contributed by atoms with van der Waals surface area (Å²) in [5, 5.41) is 2.77. The third kappa shape index (κ3) is 5.85. The first-order chi connectivity index (χ1) is 14.8. The smallest absolute Gasteiger partial charge is 0.226 e. The lowest BCUT2D eigenvalue weighted by molar-refractivity contribution is -0.118. The number of benzene rings is 3. The second-order valence-corrected chi connectivity index (χ2v) is 7.29. The lowest BCUT2D eigenvalue weighted by Gasteiger charge is -2.09. The molecule has 0 aliphatic carbocycles. The maximum absolute atomic E-state index is 13.0. The van der Waals surface area contributed by atoms with Crippen molar-refractivity contribution in [2.75, 3.05) is 11.9 Å². The molecular weight excluding hydrogens is 397 g/mol. The molecule has 5 nitrogen and oxygen atoms in total. The molecule has 6 heteroatoms. The van der Waals surface area contributed by atoms with E-state index in [1.165, 1.54) is 24.3 Å². The molecule has 0 saturated carbocycles. The van der Waals surface area contributed by atoms with Crippen molar-refractivity contribution in [1.29, 1.82) is 0 Å². The first-order valence-electron chi connectivity index (χ1n) is 9.81. The number of amides is 1. The highest BCUT2D eigenvalue weighted by atomic mass is 19.1. The summed E-state index contributed by atoms with van der Waals surface area (Å²) >= 11 is 0. The summed E-state index contributed by atoms with van der Waals surface area (Å²) in [7, 11) is 0. The van der Waals surface area contributed by atoms with Crippen LogP contribution >= 0.6 is 0 Å². The van der Waals surface area contributed by atoms with E-state index in [1.54, 1.807) is 62.4 Å². The maximum Gasteiger partial charge on any atom is 0.226 e. The van der Waals surface area contributed by atoms with Gasteiger partial charge < -0.3 is 10.1 Å². The van der Waals surface area contributed by atoms with Gasteiger partial charge in [-0.15, -0.1) is 0 Å². The number of halogens is 1. The van der Waals surface area contributed by atoms with E-state index in [1.807, 2.05) is 0 Å². The molecule has 0 radical (unpaired) electrons. The van der Waals surface area contributed by atoms with Gasteiger partial charge in [0.1, 0.15) is 11.6 Å². The van der Waals surface area contributed by atoms with E-state index in [2.05, 4.69) is 5.32 Å². The first kappa shape index (κ1) is 21.9. The predicted molar refractivity (Wildman–Crippen MR) is 116 cm³/mol. The fourth-order valence-corrected chi connectivity index (χ4v) is 2.73. The van der Waals surface area contributed by atoms with Crippen LogP contribution in [0.25, 0.3) is 0 Å². The molecule has 0 aliphatic rings. The fraction of sp³-hybridized carbons (Fsp3) is 0.160. The summed E-state index contributed by atoms with van der Waals surface area (Å²) in [4.78, 5) is 36.5. The van der Waals surface area contributed by atoms with E-state index in [4.69, 9.17) is 4.74 Å². The Labute approximate surface area is 179 Å². The van der Waals surface area contributed by atoms with Gasteiger partial charge >= 0.3 is 0 Å². The Bertz CT molecular complexity index is 1070. The number of hydrogen-bond donors (Lipinski definition) is 1. The molecular formula is C25H22FNO4. The monoisotopic (exact) mass is 419 g/mol. The second-order valence-electron chi connectivity index (χ2n) is 7.29. The lowest BCUT2D eigenvalue weighted by atomic mass is 10.0. The number of hydrogen-bond acceptors (Lipinski definition) is 4. The number of anilines is 1. The van der Waals surface area contributed by atoms with Crippen molar-refractivity contribution >= 4 is 23.2 Å². The Hall–Kier alpha value is -3.80. The van der Waals surface area contributed by atoms with Crippen molar-refractivity contribution in [1.82, 2.24) is 0 Å². The number of carbonyl (C=O) groups is 3. The van der Waals surface area contributed by atoms with E-state index in [-0.39, 0.29) is 30.0 Å². The molecule has 3 aromatic rings. The van der Waals surface area contributed by atoms with Gasteiger partial charge in [0.05, 0.1) is 0 Å². The predicted octanol–water partition coefficient (Wildman–Crippen LogP) is 4.91. The average Bonchev–Trinajstić information content (AvgIpc) is 2.78. The number of ketones is 2. The summed E-state index contributed by atoms with van der Waals surface area (Å²) in [6.45, 7) is 3.44. The Kier molecular flexibility index (Phi) is 6.92. The first-order valence-corrected chi connectivity index (χ1v) is 9.81. The van der Waals surface area contributed by atoms with Gasteiger partial charge in [-0.1, -0.05) is 13.8 Å². The zero-order chi connectivity index (χ0) is 22.4. The van der Waals surface area contributed by atoms with Gasteiger partial charge in [0.15, 0.2) is 18.2 Å².